The summed E-state index contributed by atoms with van der Waals surface area (Å²) >= 11 is 0. The first kappa shape index (κ1) is 10.4. The molecule has 2 aromatic rings. The lowest BCUT2D eigenvalue weighted by Crippen LogP contribution is -2.34. The van der Waals surface area contributed by atoms with Crippen molar-refractivity contribution in [1.82, 2.24) is 20.1 Å². The molecule has 88 valence electrons. The SMILES string of the molecule is Cc1nnc2n1CCNC2c1ccc(F)cc1. The Labute approximate surface area is 98.5 Å². The van der Waals surface area contributed by atoms with Crippen molar-refractivity contribution in [1.29, 1.82) is 0 Å². The smallest absolute Gasteiger partial charge is 0.154 e. The van der Waals surface area contributed by atoms with Crippen LogP contribution < -0.4 is 5.32 Å². The molecule has 2 heterocycles. The van der Waals surface area contributed by atoms with Gasteiger partial charge in [-0.25, -0.2) is 4.39 Å². The standard InChI is InChI=1S/C12H13FN4/c1-8-15-16-12-11(14-6-7-17(8)12)9-2-4-10(13)5-3-9/h2-5,11,14H,6-7H2,1H3. The molecule has 1 N–H and O–H groups in total. The molecule has 1 aromatic heterocycles. The van der Waals surface area contributed by atoms with Crippen LogP contribution in [0.5, 0.6) is 0 Å². The van der Waals surface area contributed by atoms with Gasteiger partial charge < -0.3 is 9.88 Å². The summed E-state index contributed by atoms with van der Waals surface area (Å²) in [4.78, 5) is 0. The number of nitrogens with zero attached hydrogens (tertiary/aromatic N) is 3. The molecule has 4 nitrogen and oxygen atoms in total. The summed E-state index contributed by atoms with van der Waals surface area (Å²) in [5, 5.41) is 11.7. The normalized spacial score (nSPS) is 19.1. The zero-order valence-electron chi connectivity index (χ0n) is 9.52. The van der Waals surface area contributed by atoms with Crippen LogP contribution in [0.2, 0.25) is 0 Å². The van der Waals surface area contributed by atoms with Crippen molar-refractivity contribution < 1.29 is 4.39 Å². The lowest BCUT2D eigenvalue weighted by Gasteiger charge is -2.25. The van der Waals surface area contributed by atoms with Crippen molar-refractivity contribution in [2.45, 2.75) is 19.5 Å². The Morgan fingerprint density at radius 2 is 2.06 bits per heavy atom. The largest absolute Gasteiger partial charge is 0.312 e. The average Bonchev–Trinajstić information content (AvgIpc) is 2.73. The second-order valence-corrected chi connectivity index (χ2v) is 4.20. The molecule has 5 heteroatoms. The Balaban J connectivity index is 2.02. The van der Waals surface area contributed by atoms with Gasteiger partial charge in [0.05, 0.1) is 6.04 Å². The van der Waals surface area contributed by atoms with Gasteiger partial charge in [0.25, 0.3) is 0 Å². The molecule has 1 aromatic carbocycles. The van der Waals surface area contributed by atoms with Crippen molar-refractivity contribution in [3.05, 3.63) is 47.3 Å². The minimum Gasteiger partial charge on any atom is -0.312 e. The number of hydrogen-bond acceptors (Lipinski definition) is 3. The first-order valence-corrected chi connectivity index (χ1v) is 5.64. The Hall–Kier alpha value is -1.75. The van der Waals surface area contributed by atoms with Crippen LogP contribution >= 0.6 is 0 Å². The Kier molecular flexibility index (Phi) is 2.40. The van der Waals surface area contributed by atoms with E-state index in [9.17, 15) is 4.39 Å². The maximum Gasteiger partial charge on any atom is 0.154 e. The molecule has 3 rings (SSSR count). The van der Waals surface area contributed by atoms with Crippen LogP contribution in [-0.4, -0.2) is 21.3 Å². The Bertz CT molecular complexity index is 532. The molecule has 0 bridgehead atoms. The van der Waals surface area contributed by atoms with E-state index in [0.29, 0.717) is 0 Å². The van der Waals surface area contributed by atoms with Gasteiger partial charge in [0.2, 0.25) is 0 Å². The molecule has 17 heavy (non-hydrogen) atoms. The van der Waals surface area contributed by atoms with E-state index in [0.717, 1.165) is 30.3 Å². The summed E-state index contributed by atoms with van der Waals surface area (Å²) in [5.74, 6) is 1.61. The third kappa shape index (κ3) is 1.72. The fraction of sp³-hybridized carbons (Fsp3) is 0.333. The second kappa shape index (κ2) is 3.92. The van der Waals surface area contributed by atoms with Gasteiger partial charge in [0.15, 0.2) is 5.82 Å². The van der Waals surface area contributed by atoms with E-state index in [1.54, 1.807) is 12.1 Å². The minimum atomic E-state index is -0.220. The quantitative estimate of drug-likeness (QED) is 0.808. The fourth-order valence-corrected chi connectivity index (χ4v) is 2.22. The summed E-state index contributed by atoms with van der Waals surface area (Å²) in [6, 6.07) is 6.52. The van der Waals surface area contributed by atoms with Gasteiger partial charge in [-0.1, -0.05) is 12.1 Å². The third-order valence-electron chi connectivity index (χ3n) is 3.11. The second-order valence-electron chi connectivity index (χ2n) is 4.20. The summed E-state index contributed by atoms with van der Waals surface area (Å²) in [5.41, 5.74) is 1.01. The van der Waals surface area contributed by atoms with Gasteiger partial charge in [-0.2, -0.15) is 0 Å². The minimum absolute atomic E-state index is 0.00514. The van der Waals surface area contributed by atoms with Gasteiger partial charge in [-0.05, 0) is 24.6 Å². The molecular formula is C12H13FN4. The average molecular weight is 232 g/mol. The predicted octanol–water partition coefficient (Wildman–Crippen LogP) is 1.42. The summed E-state index contributed by atoms with van der Waals surface area (Å²) in [6.45, 7) is 3.70. The van der Waals surface area contributed by atoms with E-state index in [-0.39, 0.29) is 11.9 Å². The topological polar surface area (TPSA) is 42.7 Å². The first-order chi connectivity index (χ1) is 8.25. The molecular weight excluding hydrogens is 219 g/mol. The molecule has 0 saturated heterocycles. The summed E-state index contributed by atoms with van der Waals surface area (Å²) < 4.78 is 15.0. The number of fused-ring (bicyclic) bond motifs is 1. The van der Waals surface area contributed by atoms with Crippen LogP contribution in [0.4, 0.5) is 4.39 Å². The molecule has 0 amide bonds. The highest BCUT2D eigenvalue weighted by Crippen LogP contribution is 2.23. The third-order valence-corrected chi connectivity index (χ3v) is 3.11. The molecule has 0 aliphatic carbocycles. The number of aryl methyl sites for hydroxylation is 1. The number of halogens is 1. The zero-order valence-corrected chi connectivity index (χ0v) is 9.52. The highest BCUT2D eigenvalue weighted by atomic mass is 19.1. The van der Waals surface area contributed by atoms with Crippen LogP contribution in [-0.2, 0) is 6.54 Å². The van der Waals surface area contributed by atoms with Crippen LogP contribution in [0.3, 0.4) is 0 Å². The number of aromatic nitrogens is 3. The van der Waals surface area contributed by atoms with Crippen molar-refractivity contribution in [3.63, 3.8) is 0 Å². The van der Waals surface area contributed by atoms with Crippen LogP contribution in [0.25, 0.3) is 0 Å². The predicted molar refractivity (Wildman–Crippen MR) is 61.0 cm³/mol. The molecule has 0 saturated carbocycles. The maximum atomic E-state index is 12.9. The number of rotatable bonds is 1. The van der Waals surface area contributed by atoms with E-state index in [4.69, 9.17) is 0 Å². The Morgan fingerprint density at radius 1 is 1.29 bits per heavy atom. The Morgan fingerprint density at radius 3 is 2.82 bits per heavy atom. The van der Waals surface area contributed by atoms with E-state index < -0.39 is 0 Å². The molecule has 0 radical (unpaired) electrons. The van der Waals surface area contributed by atoms with Crippen molar-refractivity contribution in [3.8, 4) is 0 Å². The van der Waals surface area contributed by atoms with E-state index in [1.165, 1.54) is 12.1 Å². The molecule has 1 aliphatic heterocycles. The van der Waals surface area contributed by atoms with E-state index in [2.05, 4.69) is 20.1 Å². The van der Waals surface area contributed by atoms with Crippen LogP contribution in [0.15, 0.2) is 24.3 Å². The van der Waals surface area contributed by atoms with Crippen molar-refractivity contribution in [2.75, 3.05) is 6.54 Å². The van der Waals surface area contributed by atoms with Crippen LogP contribution in [0, 0.1) is 12.7 Å². The van der Waals surface area contributed by atoms with Gasteiger partial charge >= 0.3 is 0 Å². The molecule has 0 fully saturated rings. The van der Waals surface area contributed by atoms with E-state index >= 15 is 0 Å². The van der Waals surface area contributed by atoms with Gasteiger partial charge in [-0.3, -0.25) is 0 Å². The molecule has 0 spiro atoms. The van der Waals surface area contributed by atoms with Crippen molar-refractivity contribution >= 4 is 0 Å². The highest BCUT2D eigenvalue weighted by Gasteiger charge is 2.24. The summed E-state index contributed by atoms with van der Waals surface area (Å²) in [7, 11) is 0. The first-order valence-electron chi connectivity index (χ1n) is 5.64. The van der Waals surface area contributed by atoms with Crippen molar-refractivity contribution in [2.24, 2.45) is 0 Å². The monoisotopic (exact) mass is 232 g/mol. The van der Waals surface area contributed by atoms with Gasteiger partial charge in [-0.15, -0.1) is 10.2 Å². The van der Waals surface area contributed by atoms with E-state index in [1.807, 2.05) is 6.92 Å². The fourth-order valence-electron chi connectivity index (χ4n) is 2.22. The van der Waals surface area contributed by atoms with Crippen LogP contribution in [0.1, 0.15) is 23.3 Å². The molecule has 1 atom stereocenters. The number of benzene rings is 1. The van der Waals surface area contributed by atoms with Gasteiger partial charge in [0, 0.05) is 13.1 Å². The number of nitrogens with one attached hydrogen (secondary N) is 1. The summed E-state index contributed by atoms with van der Waals surface area (Å²) in [6.07, 6.45) is 0. The number of hydrogen-bond donors (Lipinski definition) is 1. The van der Waals surface area contributed by atoms with Gasteiger partial charge in [0.1, 0.15) is 11.6 Å². The highest BCUT2D eigenvalue weighted by molar-refractivity contribution is 5.26. The molecule has 1 unspecified atom stereocenters. The lowest BCUT2D eigenvalue weighted by atomic mass is 10.0. The maximum absolute atomic E-state index is 12.9. The lowest BCUT2D eigenvalue weighted by molar-refractivity contribution is 0.450. The zero-order chi connectivity index (χ0) is 11.8. The molecule has 1 aliphatic rings.